The molecule has 0 spiro atoms. The molecular weight excluding hydrogens is 210 g/mol. The van der Waals surface area contributed by atoms with E-state index >= 15 is 0 Å². The highest BCUT2D eigenvalue weighted by atomic mass is 32.2. The summed E-state index contributed by atoms with van der Waals surface area (Å²) in [5.74, 6) is 0. The second kappa shape index (κ2) is 6.48. The second-order valence-corrected chi connectivity index (χ2v) is 6.48. The molecule has 0 bridgehead atoms. The van der Waals surface area contributed by atoms with E-state index in [9.17, 15) is 8.42 Å². The van der Waals surface area contributed by atoms with Gasteiger partial charge in [-0.05, 0) is 39.8 Å². The van der Waals surface area contributed by atoms with Crippen LogP contribution in [0.3, 0.4) is 0 Å². The van der Waals surface area contributed by atoms with Crippen LogP contribution in [0.15, 0.2) is 0 Å². The fraction of sp³-hybridized carbons (Fsp3) is 1.00. The number of sulfone groups is 1. The lowest BCUT2D eigenvalue weighted by atomic mass is 10.1. The van der Waals surface area contributed by atoms with Crippen LogP contribution in [-0.2, 0) is 9.84 Å². The Bertz CT molecular complexity index is 252. The molecule has 1 saturated heterocycles. The van der Waals surface area contributed by atoms with E-state index in [1.54, 1.807) is 0 Å². The van der Waals surface area contributed by atoms with Crippen molar-refractivity contribution < 1.29 is 8.42 Å². The fourth-order valence-electron chi connectivity index (χ4n) is 1.82. The maximum Gasteiger partial charge on any atom is 0.150 e. The van der Waals surface area contributed by atoms with Gasteiger partial charge in [-0.1, -0.05) is 13.8 Å². The molecule has 1 heterocycles. The minimum Gasteiger partial charge on any atom is -0.301 e. The van der Waals surface area contributed by atoms with E-state index in [1.165, 1.54) is 6.26 Å². The normalized spacial score (nSPS) is 19.9. The molecule has 0 saturated carbocycles. The van der Waals surface area contributed by atoms with Gasteiger partial charge in [0, 0.05) is 12.3 Å². The van der Waals surface area contributed by atoms with Crippen molar-refractivity contribution in [2.45, 2.75) is 51.8 Å². The summed E-state index contributed by atoms with van der Waals surface area (Å²) >= 11 is 0. The average Bonchev–Trinajstić information content (AvgIpc) is 2.20. The quantitative estimate of drug-likeness (QED) is 0.734. The Morgan fingerprint density at radius 1 is 1.13 bits per heavy atom. The number of rotatable bonds is 2. The van der Waals surface area contributed by atoms with Crippen molar-refractivity contribution in [3.05, 3.63) is 0 Å². The Hall–Kier alpha value is -0.0900. The minimum atomic E-state index is -2.80. The minimum absolute atomic E-state index is 0.0949. The predicted molar refractivity (Wildman–Crippen MR) is 65.9 cm³/mol. The monoisotopic (exact) mass is 235 g/mol. The molecule has 1 fully saturated rings. The first kappa shape index (κ1) is 14.9. The maximum atomic E-state index is 11.2. The summed E-state index contributed by atoms with van der Waals surface area (Å²) in [7, 11) is -2.80. The Balaban J connectivity index is 0.000000921. The highest BCUT2D eigenvalue weighted by Crippen LogP contribution is 2.18. The van der Waals surface area contributed by atoms with Gasteiger partial charge in [-0.2, -0.15) is 0 Å². The molecule has 0 amide bonds. The fourth-order valence-corrected chi connectivity index (χ4v) is 2.89. The number of likely N-dealkylation sites (tertiary alicyclic amines) is 1. The van der Waals surface area contributed by atoms with Crippen molar-refractivity contribution in [2.75, 3.05) is 19.3 Å². The largest absolute Gasteiger partial charge is 0.301 e. The van der Waals surface area contributed by atoms with E-state index in [4.69, 9.17) is 0 Å². The Labute approximate surface area is 94.8 Å². The van der Waals surface area contributed by atoms with Gasteiger partial charge in [0.2, 0.25) is 0 Å². The van der Waals surface area contributed by atoms with Gasteiger partial charge < -0.3 is 4.90 Å². The molecule has 4 heteroatoms. The molecule has 1 rings (SSSR count). The van der Waals surface area contributed by atoms with Crippen molar-refractivity contribution >= 4 is 9.84 Å². The van der Waals surface area contributed by atoms with Gasteiger partial charge in [0.25, 0.3) is 0 Å². The molecule has 92 valence electrons. The molecule has 0 unspecified atom stereocenters. The van der Waals surface area contributed by atoms with Crippen LogP contribution in [-0.4, -0.2) is 44.0 Å². The van der Waals surface area contributed by atoms with Crippen LogP contribution in [0.1, 0.15) is 40.5 Å². The average molecular weight is 235 g/mol. The molecule has 15 heavy (non-hydrogen) atoms. The summed E-state index contributed by atoms with van der Waals surface area (Å²) in [5, 5.41) is -0.0949. The molecule has 0 aromatic rings. The lowest BCUT2D eigenvalue weighted by Gasteiger charge is -2.33. The van der Waals surface area contributed by atoms with Crippen LogP contribution < -0.4 is 0 Å². The zero-order valence-corrected chi connectivity index (χ0v) is 11.5. The molecule has 0 aliphatic carbocycles. The van der Waals surface area contributed by atoms with E-state index in [2.05, 4.69) is 18.7 Å². The van der Waals surface area contributed by atoms with E-state index in [1.807, 2.05) is 13.8 Å². The zero-order valence-electron chi connectivity index (χ0n) is 10.7. The van der Waals surface area contributed by atoms with Crippen LogP contribution in [0.2, 0.25) is 0 Å². The highest BCUT2D eigenvalue weighted by molar-refractivity contribution is 7.91. The van der Waals surface area contributed by atoms with Gasteiger partial charge in [-0.3, -0.25) is 0 Å². The standard InChI is InChI=1S/C9H19NO2S.C2H6/c1-8(2)10-6-4-9(5-7-10)13(3,11)12;1-2/h8-9H,4-7H2,1-3H3;1-2H3. The zero-order chi connectivity index (χ0) is 12.1. The first-order valence-corrected chi connectivity index (χ1v) is 7.79. The molecule has 1 aliphatic heterocycles. The molecule has 0 N–H and O–H groups in total. The van der Waals surface area contributed by atoms with E-state index < -0.39 is 9.84 Å². The summed E-state index contributed by atoms with van der Waals surface area (Å²) in [6.07, 6.45) is 2.96. The molecule has 0 aromatic heterocycles. The van der Waals surface area contributed by atoms with E-state index in [0.29, 0.717) is 6.04 Å². The van der Waals surface area contributed by atoms with Crippen LogP contribution in [0.25, 0.3) is 0 Å². The van der Waals surface area contributed by atoms with E-state index in [0.717, 1.165) is 25.9 Å². The van der Waals surface area contributed by atoms with E-state index in [-0.39, 0.29) is 5.25 Å². The number of piperidine rings is 1. The summed E-state index contributed by atoms with van der Waals surface area (Å²) in [6.45, 7) is 10.2. The third-order valence-electron chi connectivity index (χ3n) is 2.81. The first-order valence-electron chi connectivity index (χ1n) is 5.84. The number of nitrogens with zero attached hydrogens (tertiary/aromatic N) is 1. The molecule has 3 nitrogen and oxygen atoms in total. The maximum absolute atomic E-state index is 11.2. The van der Waals surface area contributed by atoms with Gasteiger partial charge in [0.15, 0.2) is 0 Å². The summed E-state index contributed by atoms with van der Waals surface area (Å²) < 4.78 is 22.5. The smallest absolute Gasteiger partial charge is 0.150 e. The van der Waals surface area contributed by atoms with Crippen molar-refractivity contribution in [3.8, 4) is 0 Å². The Morgan fingerprint density at radius 2 is 1.53 bits per heavy atom. The summed E-state index contributed by atoms with van der Waals surface area (Å²) in [6, 6.07) is 0.542. The van der Waals surface area contributed by atoms with Crippen LogP contribution in [0, 0.1) is 0 Å². The van der Waals surface area contributed by atoms with Gasteiger partial charge in [-0.15, -0.1) is 0 Å². The lowest BCUT2D eigenvalue weighted by Crippen LogP contribution is -2.42. The Kier molecular flexibility index (Phi) is 6.44. The van der Waals surface area contributed by atoms with Gasteiger partial charge in [0.05, 0.1) is 5.25 Å². The number of hydrogen-bond donors (Lipinski definition) is 0. The van der Waals surface area contributed by atoms with Gasteiger partial charge in [0.1, 0.15) is 9.84 Å². The molecule has 1 aliphatic rings. The van der Waals surface area contributed by atoms with Crippen molar-refractivity contribution in [3.63, 3.8) is 0 Å². The molecule has 0 aromatic carbocycles. The molecule has 0 atom stereocenters. The van der Waals surface area contributed by atoms with Crippen molar-refractivity contribution in [1.29, 1.82) is 0 Å². The molecule has 0 radical (unpaired) electrons. The van der Waals surface area contributed by atoms with Crippen LogP contribution in [0.5, 0.6) is 0 Å². The SMILES string of the molecule is CC.CC(C)N1CCC(S(C)(=O)=O)CC1. The Morgan fingerprint density at radius 3 is 1.80 bits per heavy atom. The topological polar surface area (TPSA) is 37.4 Å². The van der Waals surface area contributed by atoms with Crippen LogP contribution >= 0.6 is 0 Å². The predicted octanol–water partition coefficient (Wildman–Crippen LogP) is 1.93. The lowest BCUT2D eigenvalue weighted by molar-refractivity contribution is 0.186. The first-order chi connectivity index (χ1) is 6.91. The molecular formula is C11H25NO2S. The van der Waals surface area contributed by atoms with Gasteiger partial charge >= 0.3 is 0 Å². The summed E-state index contributed by atoms with van der Waals surface area (Å²) in [4.78, 5) is 2.34. The van der Waals surface area contributed by atoms with Crippen molar-refractivity contribution in [2.24, 2.45) is 0 Å². The van der Waals surface area contributed by atoms with Gasteiger partial charge in [-0.25, -0.2) is 8.42 Å². The summed E-state index contributed by atoms with van der Waals surface area (Å²) in [5.41, 5.74) is 0. The third-order valence-corrected chi connectivity index (χ3v) is 4.49. The van der Waals surface area contributed by atoms with Crippen molar-refractivity contribution in [1.82, 2.24) is 4.90 Å². The second-order valence-electron chi connectivity index (χ2n) is 4.16. The van der Waals surface area contributed by atoms with Crippen LogP contribution in [0.4, 0.5) is 0 Å². The number of hydrogen-bond acceptors (Lipinski definition) is 3. The third kappa shape index (κ3) is 4.98. The highest BCUT2D eigenvalue weighted by Gasteiger charge is 2.27.